The molecule has 8 atom stereocenters. The molecule has 0 bridgehead atoms. The fourth-order valence-corrected chi connectivity index (χ4v) is 9.21. The smallest absolute Gasteiger partial charge is 0.408 e. The Morgan fingerprint density at radius 3 is 2.42 bits per heavy atom. The van der Waals surface area contributed by atoms with Crippen LogP contribution in [0.5, 0.6) is 11.5 Å². The highest BCUT2D eigenvalue weighted by molar-refractivity contribution is 7.13. The second-order valence-electron chi connectivity index (χ2n) is 16.7. The molecule has 4 aliphatic rings. The number of hydrogen-bond donors (Lipinski definition) is 3. The number of nitrogens with one attached hydrogen (secondary N) is 2. The molecule has 3 saturated carbocycles. The van der Waals surface area contributed by atoms with E-state index in [-0.39, 0.29) is 36.4 Å². The molecule has 1 saturated heterocycles. The van der Waals surface area contributed by atoms with Gasteiger partial charge in [-0.05, 0) is 61.0 Å². The molecule has 7 rings (SSSR count). The van der Waals surface area contributed by atoms with Crippen molar-refractivity contribution in [3.05, 3.63) is 47.0 Å². The number of halogens is 1. The number of fused-ring (bicyclic) bond motifs is 2. The first-order valence-corrected chi connectivity index (χ1v) is 20.0. The molecule has 3 heterocycles. The molecule has 55 heavy (non-hydrogen) atoms. The number of aromatic nitrogens is 2. The van der Waals surface area contributed by atoms with Gasteiger partial charge in [-0.1, -0.05) is 52.3 Å². The van der Waals surface area contributed by atoms with E-state index in [1.165, 1.54) is 35.8 Å². The number of thiazole rings is 1. The van der Waals surface area contributed by atoms with Crippen LogP contribution in [0.2, 0.25) is 5.02 Å². The van der Waals surface area contributed by atoms with Crippen LogP contribution in [0.3, 0.4) is 0 Å². The minimum absolute atomic E-state index is 0.0328. The summed E-state index contributed by atoms with van der Waals surface area (Å²) in [5.74, 6) is -0.546. The van der Waals surface area contributed by atoms with Crippen LogP contribution >= 0.6 is 22.9 Å². The van der Waals surface area contributed by atoms with Crippen LogP contribution in [0.1, 0.15) is 78.3 Å². The number of carbonyl (C=O) groups excluding carboxylic acids is 3. The number of rotatable bonds is 12. The summed E-state index contributed by atoms with van der Waals surface area (Å²) in [4.78, 5) is 65.4. The normalized spacial score (nSPS) is 27.3. The molecule has 1 aliphatic heterocycles. The number of carbonyl (C=O) groups is 4. The van der Waals surface area contributed by atoms with Crippen molar-refractivity contribution < 1.29 is 38.5 Å². The number of aliphatic carboxylic acids is 1. The molecule has 3 amide bonds. The summed E-state index contributed by atoms with van der Waals surface area (Å²) in [5.41, 5.74) is -0.432. The number of ether oxygens (including phenoxy) is 3. The first-order chi connectivity index (χ1) is 26.0. The number of pyridine rings is 1. The Morgan fingerprint density at radius 2 is 1.82 bits per heavy atom. The molecule has 2 aromatic heterocycles. The summed E-state index contributed by atoms with van der Waals surface area (Å²) in [6.07, 6.45) is 2.94. The van der Waals surface area contributed by atoms with Gasteiger partial charge in [0.05, 0.1) is 24.9 Å². The summed E-state index contributed by atoms with van der Waals surface area (Å²) in [6.45, 7) is 13.3. The molecule has 3 aromatic rings. The second-order valence-corrected chi connectivity index (χ2v) is 17.9. The van der Waals surface area contributed by atoms with E-state index in [1.54, 1.807) is 18.2 Å². The quantitative estimate of drug-likeness (QED) is 0.170. The molecular weight excluding hydrogens is 746 g/mol. The molecule has 3 aliphatic carbocycles. The predicted molar refractivity (Wildman–Crippen MR) is 207 cm³/mol. The third kappa shape index (κ3) is 7.59. The monoisotopic (exact) mass is 793 g/mol. The van der Waals surface area contributed by atoms with Crippen molar-refractivity contribution >= 4 is 57.7 Å². The van der Waals surface area contributed by atoms with Gasteiger partial charge in [-0.3, -0.25) is 9.59 Å². The van der Waals surface area contributed by atoms with Gasteiger partial charge < -0.3 is 34.9 Å². The molecule has 15 heteroatoms. The van der Waals surface area contributed by atoms with Gasteiger partial charge in [-0.2, -0.15) is 0 Å². The number of nitrogens with zero attached hydrogens (tertiary/aromatic N) is 3. The van der Waals surface area contributed by atoms with Crippen LogP contribution in [0, 0.1) is 23.2 Å². The molecule has 3 N–H and O–H groups in total. The zero-order valence-electron chi connectivity index (χ0n) is 31.9. The minimum atomic E-state index is -1.52. The van der Waals surface area contributed by atoms with Gasteiger partial charge in [0.1, 0.15) is 57.1 Å². The summed E-state index contributed by atoms with van der Waals surface area (Å²) in [5, 5.41) is 19.2. The van der Waals surface area contributed by atoms with Crippen LogP contribution in [0.4, 0.5) is 4.79 Å². The number of benzene rings is 1. The number of amides is 3. The zero-order chi connectivity index (χ0) is 39.6. The number of carboxylic acids is 1. The highest BCUT2D eigenvalue weighted by Crippen LogP contribution is 2.52. The van der Waals surface area contributed by atoms with Crippen LogP contribution in [0.15, 0.2) is 36.2 Å². The topological polar surface area (TPSA) is 169 Å². The maximum atomic E-state index is 14.6. The van der Waals surface area contributed by atoms with E-state index < -0.39 is 58.9 Å². The SMILES string of the molecule is C=C[C@@H]1C[C@]1(NC(=O)[C@@H]1C[C@@H](Oc2cc(-c3nc(C(C)C)cs3)nc3c(Cl)c(OC)ccc23)CN1C(=O)C(NC(=O)OC1C[C@@H]2C[C@@H]2C1)C(C)(C)C)C(=O)O. The maximum absolute atomic E-state index is 14.6. The van der Waals surface area contributed by atoms with Gasteiger partial charge in [-0.15, -0.1) is 17.9 Å². The van der Waals surface area contributed by atoms with Crippen LogP contribution in [-0.2, 0) is 19.1 Å². The molecule has 1 aromatic carbocycles. The molecular formula is C40H48ClN5O8S. The molecule has 0 radical (unpaired) electrons. The summed E-state index contributed by atoms with van der Waals surface area (Å²) >= 11 is 8.25. The second kappa shape index (κ2) is 14.6. The highest BCUT2D eigenvalue weighted by atomic mass is 35.5. The molecule has 13 nitrogen and oxygen atoms in total. The van der Waals surface area contributed by atoms with Crippen molar-refractivity contribution in [2.45, 2.75) is 102 Å². The maximum Gasteiger partial charge on any atom is 0.408 e. The Bertz CT molecular complexity index is 2040. The highest BCUT2D eigenvalue weighted by Gasteiger charge is 2.61. The van der Waals surface area contributed by atoms with Gasteiger partial charge >= 0.3 is 12.1 Å². The van der Waals surface area contributed by atoms with Crippen molar-refractivity contribution in [2.75, 3.05) is 13.7 Å². The van der Waals surface area contributed by atoms with E-state index in [0.29, 0.717) is 44.9 Å². The van der Waals surface area contributed by atoms with Crippen LogP contribution in [0.25, 0.3) is 21.6 Å². The van der Waals surface area contributed by atoms with Gasteiger partial charge in [0.15, 0.2) is 0 Å². The molecule has 0 spiro atoms. The average molecular weight is 794 g/mol. The molecule has 2 unspecified atom stereocenters. The number of hydrogen-bond acceptors (Lipinski definition) is 10. The number of likely N-dealkylation sites (tertiary alicyclic amines) is 1. The largest absolute Gasteiger partial charge is 0.495 e. The van der Waals surface area contributed by atoms with E-state index in [9.17, 15) is 24.3 Å². The number of alkyl carbamates (subject to hydrolysis) is 1. The Kier molecular flexibility index (Phi) is 10.3. The predicted octanol–water partition coefficient (Wildman–Crippen LogP) is 6.58. The summed E-state index contributed by atoms with van der Waals surface area (Å²) in [6, 6.07) is 3.08. The van der Waals surface area contributed by atoms with Gasteiger partial charge in [0.25, 0.3) is 0 Å². The van der Waals surface area contributed by atoms with E-state index >= 15 is 0 Å². The Balaban J connectivity index is 1.21. The van der Waals surface area contributed by atoms with Gasteiger partial charge in [0.2, 0.25) is 11.8 Å². The molecule has 294 valence electrons. The fourth-order valence-electron chi connectivity index (χ4n) is 7.99. The Morgan fingerprint density at radius 1 is 1.09 bits per heavy atom. The van der Waals surface area contributed by atoms with Crippen molar-refractivity contribution in [3.8, 4) is 22.2 Å². The minimum Gasteiger partial charge on any atom is -0.495 e. The van der Waals surface area contributed by atoms with E-state index in [2.05, 4.69) is 31.1 Å². The fraction of sp³-hybridized carbons (Fsp3) is 0.550. The Hall–Kier alpha value is -4.43. The third-order valence-corrected chi connectivity index (χ3v) is 12.7. The Labute approximate surface area is 329 Å². The molecule has 4 fully saturated rings. The van der Waals surface area contributed by atoms with Gasteiger partial charge in [0, 0.05) is 29.2 Å². The summed E-state index contributed by atoms with van der Waals surface area (Å²) < 4.78 is 17.9. The van der Waals surface area contributed by atoms with E-state index in [0.717, 1.165) is 18.5 Å². The number of methoxy groups -OCH3 is 1. The standard InChI is InChI=1S/C40H48ClN5O8S/c1-8-22-16-40(22,37(49)50)45-34(47)28-14-24(17-46(28)36(48)33(39(4,5)6)44-38(51)54-23-12-20-11-21(20)13-23)53-30-15-26(35-43-27(18-55-35)19(2)3)42-32-25(30)9-10-29(52-7)31(32)41/h8-10,15,18-24,28,33H,1,11-14,16-17H2,2-7H3,(H,44,51)(H,45,47)(H,49,50)/t20-,21+,22-,23?,24-,28+,33?,40-/m1/s1. The average Bonchev–Trinajstić information content (AvgIpc) is 3.77. The summed E-state index contributed by atoms with van der Waals surface area (Å²) in [7, 11) is 1.52. The lowest BCUT2D eigenvalue weighted by Crippen LogP contribution is -2.59. The number of carboxylic acid groups (broad SMARTS) is 1. The first-order valence-electron chi connectivity index (χ1n) is 18.8. The van der Waals surface area contributed by atoms with Crippen molar-refractivity contribution in [3.63, 3.8) is 0 Å². The van der Waals surface area contributed by atoms with Crippen molar-refractivity contribution in [1.29, 1.82) is 0 Å². The van der Waals surface area contributed by atoms with E-state index in [4.69, 9.17) is 35.8 Å². The first kappa shape index (κ1) is 38.8. The van der Waals surface area contributed by atoms with Gasteiger partial charge in [-0.25, -0.2) is 19.6 Å². The van der Waals surface area contributed by atoms with E-state index in [1.807, 2.05) is 26.2 Å². The third-order valence-electron chi connectivity index (χ3n) is 11.4. The lowest BCUT2D eigenvalue weighted by atomic mass is 9.85. The van der Waals surface area contributed by atoms with Crippen molar-refractivity contribution in [1.82, 2.24) is 25.5 Å². The van der Waals surface area contributed by atoms with Crippen LogP contribution in [-0.4, -0.2) is 87.3 Å². The lowest BCUT2D eigenvalue weighted by molar-refractivity contribution is -0.146. The van der Waals surface area contributed by atoms with Crippen molar-refractivity contribution in [2.24, 2.45) is 23.2 Å². The van der Waals surface area contributed by atoms with Crippen LogP contribution < -0.4 is 20.1 Å². The lowest BCUT2D eigenvalue weighted by Gasteiger charge is -2.35. The zero-order valence-corrected chi connectivity index (χ0v) is 33.5.